The van der Waals surface area contributed by atoms with Crippen LogP contribution in [0.25, 0.3) is 32.7 Å². The van der Waals surface area contributed by atoms with Crippen LogP contribution in [0.4, 0.5) is 13.2 Å². The fourth-order valence-corrected chi connectivity index (χ4v) is 3.22. The first kappa shape index (κ1) is 15.8. The van der Waals surface area contributed by atoms with Crippen molar-refractivity contribution in [3.05, 3.63) is 54.6 Å². The van der Waals surface area contributed by atoms with Gasteiger partial charge in [-0.15, -0.1) is 0 Å². The van der Waals surface area contributed by atoms with Crippen LogP contribution in [0.2, 0.25) is 0 Å². The third-order valence-corrected chi connectivity index (χ3v) is 4.78. The second-order valence-electron chi connectivity index (χ2n) is 5.38. The van der Waals surface area contributed by atoms with E-state index in [-0.39, 0.29) is 11.0 Å². The number of rotatable bonds is 2. The molecule has 4 aromatic rings. The van der Waals surface area contributed by atoms with Crippen molar-refractivity contribution in [3.8, 4) is 5.75 Å². The molecule has 1 aromatic heterocycles. The molecule has 3 aromatic carbocycles. The average molecular weight is 366 g/mol. The number of furan rings is 1. The highest BCUT2D eigenvalue weighted by molar-refractivity contribution is 7.88. The van der Waals surface area contributed by atoms with Crippen molar-refractivity contribution in [2.24, 2.45) is 0 Å². The molecule has 25 heavy (non-hydrogen) atoms. The standard InChI is InChI=1S/C17H9F3O4S/c18-17(19,20)25(21,22)24-14-9-10-5-1-2-6-11(10)16-15(14)12-7-3-4-8-13(12)23-16/h1-9H. The maximum absolute atomic E-state index is 12.7. The smallest absolute Gasteiger partial charge is 0.455 e. The van der Waals surface area contributed by atoms with E-state index in [0.29, 0.717) is 21.7 Å². The molecule has 0 fully saturated rings. The first-order valence-electron chi connectivity index (χ1n) is 7.12. The molecule has 0 atom stereocenters. The van der Waals surface area contributed by atoms with Crippen LogP contribution >= 0.6 is 0 Å². The van der Waals surface area contributed by atoms with E-state index in [4.69, 9.17) is 4.42 Å². The fourth-order valence-electron chi connectivity index (χ4n) is 2.75. The van der Waals surface area contributed by atoms with Crippen molar-refractivity contribution in [2.45, 2.75) is 5.51 Å². The van der Waals surface area contributed by atoms with Crippen LogP contribution in [-0.4, -0.2) is 13.9 Å². The van der Waals surface area contributed by atoms with Crippen LogP contribution in [0.15, 0.2) is 59.0 Å². The molecule has 4 rings (SSSR count). The van der Waals surface area contributed by atoms with Gasteiger partial charge < -0.3 is 8.60 Å². The van der Waals surface area contributed by atoms with Gasteiger partial charge in [0.25, 0.3) is 0 Å². The van der Waals surface area contributed by atoms with Gasteiger partial charge in [0, 0.05) is 10.8 Å². The zero-order valence-electron chi connectivity index (χ0n) is 12.4. The third kappa shape index (κ3) is 2.41. The predicted molar refractivity (Wildman–Crippen MR) is 86.8 cm³/mol. The summed E-state index contributed by atoms with van der Waals surface area (Å²) < 4.78 is 71.4. The molecule has 0 saturated heterocycles. The Hall–Kier alpha value is -2.74. The lowest BCUT2D eigenvalue weighted by atomic mass is 10.1. The van der Waals surface area contributed by atoms with Crippen molar-refractivity contribution in [1.82, 2.24) is 0 Å². The van der Waals surface area contributed by atoms with Gasteiger partial charge in [0.15, 0.2) is 5.75 Å². The normalized spacial score (nSPS) is 12.9. The van der Waals surface area contributed by atoms with Gasteiger partial charge in [-0.2, -0.15) is 21.6 Å². The summed E-state index contributed by atoms with van der Waals surface area (Å²) in [6.45, 7) is 0. The van der Waals surface area contributed by atoms with E-state index in [1.165, 1.54) is 6.07 Å². The van der Waals surface area contributed by atoms with E-state index in [9.17, 15) is 21.6 Å². The Balaban J connectivity index is 2.12. The van der Waals surface area contributed by atoms with Crippen LogP contribution in [0.5, 0.6) is 5.75 Å². The maximum Gasteiger partial charge on any atom is 0.534 e. The second kappa shape index (κ2) is 5.13. The zero-order chi connectivity index (χ0) is 17.8. The highest BCUT2D eigenvalue weighted by Crippen LogP contribution is 2.41. The molecule has 1 heterocycles. The number of halogens is 3. The van der Waals surface area contributed by atoms with E-state index in [1.807, 2.05) is 0 Å². The second-order valence-corrected chi connectivity index (χ2v) is 6.92. The van der Waals surface area contributed by atoms with Gasteiger partial charge in [-0.1, -0.05) is 42.5 Å². The van der Waals surface area contributed by atoms with E-state index < -0.39 is 21.4 Å². The monoisotopic (exact) mass is 366 g/mol. The van der Waals surface area contributed by atoms with Crippen molar-refractivity contribution >= 4 is 42.8 Å². The van der Waals surface area contributed by atoms with E-state index in [1.54, 1.807) is 48.5 Å². The molecule has 8 heteroatoms. The van der Waals surface area contributed by atoms with Gasteiger partial charge in [0.2, 0.25) is 0 Å². The minimum Gasteiger partial charge on any atom is -0.455 e. The summed E-state index contributed by atoms with van der Waals surface area (Å²) in [5, 5.41) is 1.80. The van der Waals surface area contributed by atoms with Gasteiger partial charge in [-0.05, 0) is 17.5 Å². The number of hydrogen-bond acceptors (Lipinski definition) is 4. The fraction of sp³-hybridized carbons (Fsp3) is 0.0588. The first-order valence-corrected chi connectivity index (χ1v) is 8.52. The number of para-hydroxylation sites is 1. The Morgan fingerprint density at radius 3 is 2.28 bits per heavy atom. The molecule has 0 spiro atoms. The largest absolute Gasteiger partial charge is 0.534 e. The van der Waals surface area contributed by atoms with Gasteiger partial charge in [0.05, 0.1) is 5.39 Å². The molecule has 4 nitrogen and oxygen atoms in total. The molecule has 0 bridgehead atoms. The molecule has 0 aliphatic rings. The summed E-state index contributed by atoms with van der Waals surface area (Å²) in [7, 11) is -5.80. The topological polar surface area (TPSA) is 56.5 Å². The Bertz CT molecular complexity index is 1220. The molecule has 0 aliphatic carbocycles. The summed E-state index contributed by atoms with van der Waals surface area (Å²) in [5.74, 6) is -0.420. The van der Waals surface area contributed by atoms with Gasteiger partial charge >= 0.3 is 15.6 Å². The zero-order valence-corrected chi connectivity index (χ0v) is 13.2. The number of fused-ring (bicyclic) bond motifs is 5. The molecule has 0 saturated carbocycles. The lowest BCUT2D eigenvalue weighted by Gasteiger charge is -2.11. The Labute approximate surface area is 139 Å². The first-order chi connectivity index (χ1) is 11.8. The molecule has 0 unspecified atom stereocenters. The van der Waals surface area contributed by atoms with Crippen molar-refractivity contribution in [1.29, 1.82) is 0 Å². The summed E-state index contributed by atoms with van der Waals surface area (Å²) >= 11 is 0. The van der Waals surface area contributed by atoms with Gasteiger partial charge in [0.1, 0.15) is 11.2 Å². The lowest BCUT2D eigenvalue weighted by Crippen LogP contribution is -2.28. The minimum atomic E-state index is -5.80. The number of alkyl halides is 3. The minimum absolute atomic E-state index is 0.183. The van der Waals surface area contributed by atoms with Crippen molar-refractivity contribution in [2.75, 3.05) is 0 Å². The molecule has 0 radical (unpaired) electrons. The quantitative estimate of drug-likeness (QED) is 0.371. The molecule has 128 valence electrons. The van der Waals surface area contributed by atoms with Gasteiger partial charge in [-0.3, -0.25) is 0 Å². The van der Waals surface area contributed by atoms with E-state index >= 15 is 0 Å². The SMILES string of the molecule is O=S(=O)(Oc1cc2ccccc2c2oc3ccccc3c12)C(F)(F)F. The van der Waals surface area contributed by atoms with Crippen LogP contribution < -0.4 is 4.18 Å². The third-order valence-electron chi connectivity index (χ3n) is 3.82. The summed E-state index contributed by atoms with van der Waals surface area (Å²) in [4.78, 5) is 0. The van der Waals surface area contributed by atoms with Crippen LogP contribution in [0, 0.1) is 0 Å². The molecule has 0 aliphatic heterocycles. The molecular weight excluding hydrogens is 357 g/mol. The highest BCUT2D eigenvalue weighted by Gasteiger charge is 2.48. The summed E-state index contributed by atoms with van der Waals surface area (Å²) in [6.07, 6.45) is 0. The van der Waals surface area contributed by atoms with Crippen LogP contribution in [0.3, 0.4) is 0 Å². The number of benzene rings is 3. The Morgan fingerprint density at radius 1 is 0.920 bits per heavy atom. The Morgan fingerprint density at radius 2 is 1.56 bits per heavy atom. The highest BCUT2D eigenvalue weighted by atomic mass is 32.2. The van der Waals surface area contributed by atoms with Crippen LogP contribution in [0.1, 0.15) is 0 Å². The summed E-state index contributed by atoms with van der Waals surface area (Å²) in [6, 6.07) is 14.7. The average Bonchev–Trinajstić information content (AvgIpc) is 2.93. The summed E-state index contributed by atoms with van der Waals surface area (Å²) in [5.41, 5.74) is -4.83. The van der Waals surface area contributed by atoms with Crippen molar-refractivity contribution in [3.63, 3.8) is 0 Å². The molecule has 0 amide bonds. The van der Waals surface area contributed by atoms with Crippen LogP contribution in [-0.2, 0) is 10.1 Å². The number of hydrogen-bond donors (Lipinski definition) is 0. The predicted octanol–water partition coefficient (Wildman–Crippen LogP) is 4.97. The van der Waals surface area contributed by atoms with E-state index in [0.717, 1.165) is 0 Å². The maximum atomic E-state index is 12.7. The lowest BCUT2D eigenvalue weighted by molar-refractivity contribution is -0.0499. The molecule has 0 N–H and O–H groups in total. The molecular formula is C17H9F3O4S. The van der Waals surface area contributed by atoms with E-state index in [2.05, 4.69) is 4.18 Å². The Kier molecular flexibility index (Phi) is 3.23. The van der Waals surface area contributed by atoms with Crippen molar-refractivity contribution < 1.29 is 30.2 Å². The van der Waals surface area contributed by atoms with Gasteiger partial charge in [-0.25, -0.2) is 0 Å².